The van der Waals surface area contributed by atoms with Crippen molar-refractivity contribution in [2.24, 2.45) is 0 Å². The van der Waals surface area contributed by atoms with Crippen molar-refractivity contribution in [3.8, 4) is 0 Å². The normalized spacial score (nSPS) is 20.7. The van der Waals surface area contributed by atoms with Crippen LogP contribution in [0.4, 0.5) is 10.5 Å². The number of urea groups is 1. The van der Waals surface area contributed by atoms with Crippen LogP contribution >= 0.6 is 0 Å². The van der Waals surface area contributed by atoms with E-state index < -0.39 is 10.0 Å². The summed E-state index contributed by atoms with van der Waals surface area (Å²) in [6, 6.07) is 1.86. The van der Waals surface area contributed by atoms with Crippen molar-refractivity contribution in [1.82, 2.24) is 19.5 Å². The Kier molecular flexibility index (Phi) is 5.43. The Balaban J connectivity index is 1.43. The van der Waals surface area contributed by atoms with Crippen LogP contribution in [-0.2, 0) is 10.0 Å². The average Bonchev–Trinajstić information content (AvgIpc) is 2.94. The predicted molar refractivity (Wildman–Crippen MR) is 96.1 cm³/mol. The van der Waals surface area contributed by atoms with Gasteiger partial charge in [0.15, 0.2) is 0 Å². The molecule has 3 heterocycles. The highest BCUT2D eigenvalue weighted by atomic mass is 32.2. The van der Waals surface area contributed by atoms with Gasteiger partial charge in [-0.1, -0.05) is 0 Å². The van der Waals surface area contributed by atoms with Gasteiger partial charge in [-0.25, -0.2) is 17.5 Å². The lowest BCUT2D eigenvalue weighted by atomic mass is 10.2. The maximum Gasteiger partial charge on any atom is 0.317 e. The quantitative estimate of drug-likeness (QED) is 0.825. The number of hydrogen-bond donors (Lipinski definition) is 1. The van der Waals surface area contributed by atoms with Crippen LogP contribution in [0.25, 0.3) is 0 Å². The zero-order valence-electron chi connectivity index (χ0n) is 14.5. The lowest BCUT2D eigenvalue weighted by Gasteiger charge is -2.36. The SMILES string of the molecule is Cc1ccncc1N1CCN(C(=O)NCCN2CCCS2(=O)=O)CC1. The number of carbonyl (C=O) groups is 1. The highest BCUT2D eigenvalue weighted by Crippen LogP contribution is 2.19. The molecule has 0 radical (unpaired) electrons. The Morgan fingerprint density at radius 2 is 2.00 bits per heavy atom. The Hall–Kier alpha value is -1.87. The van der Waals surface area contributed by atoms with E-state index in [0.29, 0.717) is 39.1 Å². The minimum Gasteiger partial charge on any atom is -0.367 e. The second-order valence-corrected chi connectivity index (χ2v) is 8.53. The van der Waals surface area contributed by atoms with Crippen molar-refractivity contribution >= 4 is 21.7 Å². The number of amides is 2. The van der Waals surface area contributed by atoms with Gasteiger partial charge < -0.3 is 15.1 Å². The molecule has 0 saturated carbocycles. The molecule has 0 aliphatic carbocycles. The molecule has 138 valence electrons. The van der Waals surface area contributed by atoms with Gasteiger partial charge >= 0.3 is 6.03 Å². The predicted octanol–water partition coefficient (Wildman–Crippen LogP) is 0.257. The molecule has 0 bridgehead atoms. The fourth-order valence-corrected chi connectivity index (χ4v) is 4.81. The Morgan fingerprint density at radius 3 is 2.64 bits per heavy atom. The summed E-state index contributed by atoms with van der Waals surface area (Å²) in [7, 11) is -3.10. The van der Waals surface area contributed by atoms with Gasteiger partial charge in [0.2, 0.25) is 10.0 Å². The van der Waals surface area contributed by atoms with E-state index in [-0.39, 0.29) is 11.8 Å². The molecule has 2 saturated heterocycles. The van der Waals surface area contributed by atoms with Crippen molar-refractivity contribution in [1.29, 1.82) is 0 Å². The molecule has 2 aliphatic rings. The fourth-order valence-electron chi connectivity index (χ4n) is 3.28. The van der Waals surface area contributed by atoms with E-state index >= 15 is 0 Å². The zero-order chi connectivity index (χ0) is 17.9. The highest BCUT2D eigenvalue weighted by Gasteiger charge is 2.28. The zero-order valence-corrected chi connectivity index (χ0v) is 15.3. The molecule has 2 aliphatic heterocycles. The summed E-state index contributed by atoms with van der Waals surface area (Å²) in [4.78, 5) is 20.5. The lowest BCUT2D eigenvalue weighted by Crippen LogP contribution is -2.52. The van der Waals surface area contributed by atoms with Gasteiger partial charge in [0, 0.05) is 52.0 Å². The van der Waals surface area contributed by atoms with E-state index in [9.17, 15) is 13.2 Å². The summed E-state index contributed by atoms with van der Waals surface area (Å²) >= 11 is 0. The van der Waals surface area contributed by atoms with Crippen molar-refractivity contribution in [2.75, 3.05) is 56.5 Å². The van der Waals surface area contributed by atoms with Crippen molar-refractivity contribution in [2.45, 2.75) is 13.3 Å². The molecule has 25 heavy (non-hydrogen) atoms. The third kappa shape index (κ3) is 4.21. The van der Waals surface area contributed by atoms with Crippen LogP contribution in [0.2, 0.25) is 0 Å². The van der Waals surface area contributed by atoms with Gasteiger partial charge in [0.1, 0.15) is 0 Å². The molecular formula is C16H25N5O3S. The summed E-state index contributed by atoms with van der Waals surface area (Å²) in [6.07, 6.45) is 4.32. The van der Waals surface area contributed by atoms with Gasteiger partial charge in [-0.05, 0) is 25.0 Å². The number of rotatable bonds is 4. The third-order valence-corrected chi connectivity index (χ3v) is 6.72. The second kappa shape index (κ2) is 7.57. The van der Waals surface area contributed by atoms with Gasteiger partial charge in [-0.3, -0.25) is 4.98 Å². The molecule has 1 aromatic heterocycles. The molecule has 3 rings (SSSR count). The first-order chi connectivity index (χ1) is 12.0. The molecule has 1 aromatic rings. The smallest absolute Gasteiger partial charge is 0.317 e. The number of pyridine rings is 1. The maximum atomic E-state index is 12.3. The fraction of sp³-hybridized carbons (Fsp3) is 0.625. The summed E-state index contributed by atoms with van der Waals surface area (Å²) in [6.45, 7) is 6.12. The first-order valence-corrected chi connectivity index (χ1v) is 10.2. The number of aryl methyl sites for hydroxylation is 1. The number of carbonyl (C=O) groups excluding carboxylic acids is 1. The van der Waals surface area contributed by atoms with E-state index in [1.165, 1.54) is 9.87 Å². The van der Waals surface area contributed by atoms with E-state index in [1.54, 1.807) is 11.1 Å². The molecule has 0 atom stereocenters. The minimum atomic E-state index is -3.10. The Bertz CT molecular complexity index is 716. The molecule has 0 aromatic carbocycles. The molecule has 2 fully saturated rings. The van der Waals surface area contributed by atoms with Gasteiger partial charge in [0.05, 0.1) is 17.6 Å². The molecular weight excluding hydrogens is 342 g/mol. The second-order valence-electron chi connectivity index (χ2n) is 6.44. The number of nitrogens with one attached hydrogen (secondary N) is 1. The molecule has 8 nitrogen and oxygen atoms in total. The number of aromatic nitrogens is 1. The number of sulfonamides is 1. The summed E-state index contributed by atoms with van der Waals surface area (Å²) in [5.41, 5.74) is 2.29. The largest absolute Gasteiger partial charge is 0.367 e. The van der Waals surface area contributed by atoms with Crippen molar-refractivity contribution < 1.29 is 13.2 Å². The first-order valence-electron chi connectivity index (χ1n) is 8.63. The molecule has 9 heteroatoms. The molecule has 0 spiro atoms. The number of hydrogen-bond acceptors (Lipinski definition) is 5. The highest BCUT2D eigenvalue weighted by molar-refractivity contribution is 7.89. The van der Waals surface area contributed by atoms with E-state index in [4.69, 9.17) is 0 Å². The monoisotopic (exact) mass is 367 g/mol. The van der Waals surface area contributed by atoms with Gasteiger partial charge in [0.25, 0.3) is 0 Å². The topological polar surface area (TPSA) is 85.8 Å². The Morgan fingerprint density at radius 1 is 1.24 bits per heavy atom. The standard InChI is InChI=1S/C16H25N5O3S/c1-14-3-4-17-13-15(14)19-8-10-20(11-9-19)16(22)18-5-7-21-6-2-12-25(21,23)24/h3-4,13H,2,5-12H2,1H3,(H,18,22). The number of anilines is 1. The van der Waals surface area contributed by atoms with Crippen molar-refractivity contribution in [3.63, 3.8) is 0 Å². The van der Waals surface area contributed by atoms with Crippen LogP contribution in [0.3, 0.4) is 0 Å². The lowest BCUT2D eigenvalue weighted by molar-refractivity contribution is 0.193. The van der Waals surface area contributed by atoms with Crippen LogP contribution in [0.1, 0.15) is 12.0 Å². The van der Waals surface area contributed by atoms with Crippen LogP contribution in [0.15, 0.2) is 18.5 Å². The minimum absolute atomic E-state index is 0.126. The van der Waals surface area contributed by atoms with Gasteiger partial charge in [-0.2, -0.15) is 0 Å². The number of nitrogens with zero attached hydrogens (tertiary/aromatic N) is 4. The summed E-state index contributed by atoms with van der Waals surface area (Å²) in [5, 5.41) is 2.83. The first kappa shape index (κ1) is 17.9. The van der Waals surface area contributed by atoms with Crippen LogP contribution in [0.5, 0.6) is 0 Å². The third-order valence-electron chi connectivity index (χ3n) is 4.76. The molecule has 0 unspecified atom stereocenters. The van der Waals surface area contributed by atoms with E-state index in [2.05, 4.69) is 22.1 Å². The van der Waals surface area contributed by atoms with E-state index in [0.717, 1.165) is 18.8 Å². The van der Waals surface area contributed by atoms with Crippen LogP contribution in [0, 0.1) is 6.92 Å². The number of piperazine rings is 1. The van der Waals surface area contributed by atoms with Crippen LogP contribution < -0.4 is 10.2 Å². The average molecular weight is 367 g/mol. The summed E-state index contributed by atoms with van der Waals surface area (Å²) in [5.74, 6) is 0.219. The molecule has 2 amide bonds. The summed E-state index contributed by atoms with van der Waals surface area (Å²) < 4.78 is 24.9. The maximum absolute atomic E-state index is 12.3. The van der Waals surface area contributed by atoms with Crippen molar-refractivity contribution in [3.05, 3.63) is 24.0 Å². The van der Waals surface area contributed by atoms with E-state index in [1.807, 2.05) is 12.3 Å². The van der Waals surface area contributed by atoms with Gasteiger partial charge in [-0.15, -0.1) is 0 Å². The van der Waals surface area contributed by atoms with Crippen LogP contribution in [-0.4, -0.2) is 80.2 Å². The molecule has 1 N–H and O–H groups in total. The Labute approximate surface area is 148 Å².